The van der Waals surface area contributed by atoms with Gasteiger partial charge in [0, 0.05) is 0 Å². The first-order valence-electron chi connectivity index (χ1n) is 6.37. The lowest BCUT2D eigenvalue weighted by Gasteiger charge is -2.08. The summed E-state index contributed by atoms with van der Waals surface area (Å²) < 4.78 is 15.7. The van der Waals surface area contributed by atoms with Crippen LogP contribution in [0, 0.1) is 6.92 Å². The molecular weight excluding hydrogens is 258 g/mol. The summed E-state index contributed by atoms with van der Waals surface area (Å²) in [4.78, 5) is 4.29. The van der Waals surface area contributed by atoms with Crippen molar-refractivity contribution in [1.29, 1.82) is 0 Å². The van der Waals surface area contributed by atoms with Gasteiger partial charge in [-0.2, -0.15) is 4.98 Å². The standard InChI is InChI=1S/C14H15N3O3/c1-9-3-4-12(19-9)10(2)15-7-13-16-14(17-20-13)11-5-6-18-8-11/h3-6,8,10,15H,7H2,1-2H3. The summed E-state index contributed by atoms with van der Waals surface area (Å²) in [6, 6.07) is 5.76. The lowest BCUT2D eigenvalue weighted by Crippen LogP contribution is -2.17. The number of aromatic nitrogens is 2. The molecule has 3 heterocycles. The van der Waals surface area contributed by atoms with E-state index in [0.717, 1.165) is 17.1 Å². The van der Waals surface area contributed by atoms with Crippen LogP contribution in [0.1, 0.15) is 30.4 Å². The molecule has 0 saturated heterocycles. The Labute approximate surface area is 115 Å². The van der Waals surface area contributed by atoms with Gasteiger partial charge in [-0.25, -0.2) is 0 Å². The van der Waals surface area contributed by atoms with Crippen LogP contribution in [-0.2, 0) is 6.54 Å². The van der Waals surface area contributed by atoms with Gasteiger partial charge in [-0.15, -0.1) is 0 Å². The molecule has 0 aliphatic heterocycles. The second-order valence-corrected chi connectivity index (χ2v) is 4.57. The highest BCUT2D eigenvalue weighted by Crippen LogP contribution is 2.18. The maximum absolute atomic E-state index is 5.56. The van der Waals surface area contributed by atoms with E-state index >= 15 is 0 Å². The molecule has 1 N–H and O–H groups in total. The van der Waals surface area contributed by atoms with E-state index in [1.807, 2.05) is 26.0 Å². The summed E-state index contributed by atoms with van der Waals surface area (Å²) in [6.45, 7) is 4.42. The van der Waals surface area contributed by atoms with Crippen molar-refractivity contribution in [3.63, 3.8) is 0 Å². The number of furan rings is 2. The number of hydrogen-bond acceptors (Lipinski definition) is 6. The van der Waals surface area contributed by atoms with E-state index in [4.69, 9.17) is 13.4 Å². The third-order valence-electron chi connectivity index (χ3n) is 2.99. The molecule has 20 heavy (non-hydrogen) atoms. The maximum atomic E-state index is 5.56. The van der Waals surface area contributed by atoms with Crippen LogP contribution < -0.4 is 5.32 Å². The second kappa shape index (κ2) is 5.34. The fraction of sp³-hybridized carbons (Fsp3) is 0.286. The minimum absolute atomic E-state index is 0.0768. The molecule has 0 saturated carbocycles. The van der Waals surface area contributed by atoms with Crippen LogP contribution in [0.4, 0.5) is 0 Å². The Balaban J connectivity index is 1.61. The SMILES string of the molecule is Cc1ccc(C(C)NCc2nc(-c3ccoc3)no2)o1. The fourth-order valence-electron chi connectivity index (χ4n) is 1.86. The largest absolute Gasteiger partial charge is 0.472 e. The molecule has 3 aromatic rings. The summed E-state index contributed by atoms with van der Waals surface area (Å²) >= 11 is 0. The van der Waals surface area contributed by atoms with Gasteiger partial charge in [-0.1, -0.05) is 5.16 Å². The van der Waals surface area contributed by atoms with E-state index < -0.39 is 0 Å². The molecule has 0 aliphatic rings. The van der Waals surface area contributed by atoms with Crippen LogP contribution >= 0.6 is 0 Å². The van der Waals surface area contributed by atoms with Gasteiger partial charge < -0.3 is 13.4 Å². The second-order valence-electron chi connectivity index (χ2n) is 4.57. The predicted molar refractivity (Wildman–Crippen MR) is 70.7 cm³/mol. The molecular formula is C14H15N3O3. The van der Waals surface area contributed by atoms with Gasteiger partial charge in [-0.05, 0) is 32.0 Å². The Kier molecular flexibility index (Phi) is 3.39. The minimum atomic E-state index is 0.0768. The quantitative estimate of drug-likeness (QED) is 0.769. The molecule has 0 aliphatic carbocycles. The van der Waals surface area contributed by atoms with Crippen molar-refractivity contribution >= 4 is 0 Å². The highest BCUT2D eigenvalue weighted by Gasteiger charge is 2.13. The maximum Gasteiger partial charge on any atom is 0.240 e. The van der Waals surface area contributed by atoms with E-state index in [1.165, 1.54) is 0 Å². The molecule has 6 heteroatoms. The van der Waals surface area contributed by atoms with E-state index in [2.05, 4.69) is 15.5 Å². The van der Waals surface area contributed by atoms with Crippen LogP contribution in [0.3, 0.4) is 0 Å². The van der Waals surface area contributed by atoms with Gasteiger partial charge >= 0.3 is 0 Å². The fourth-order valence-corrected chi connectivity index (χ4v) is 1.86. The number of nitrogens with zero attached hydrogens (tertiary/aromatic N) is 2. The molecule has 3 rings (SSSR count). The monoisotopic (exact) mass is 273 g/mol. The van der Waals surface area contributed by atoms with Crippen molar-refractivity contribution in [3.05, 3.63) is 48.1 Å². The molecule has 3 aromatic heterocycles. The van der Waals surface area contributed by atoms with E-state index in [0.29, 0.717) is 18.3 Å². The van der Waals surface area contributed by atoms with Crippen LogP contribution in [0.2, 0.25) is 0 Å². The van der Waals surface area contributed by atoms with Crippen molar-refractivity contribution in [1.82, 2.24) is 15.5 Å². The third kappa shape index (κ3) is 2.65. The first-order chi connectivity index (χ1) is 9.72. The normalized spacial score (nSPS) is 12.7. The van der Waals surface area contributed by atoms with Crippen LogP contribution in [0.5, 0.6) is 0 Å². The summed E-state index contributed by atoms with van der Waals surface area (Å²) in [6.07, 6.45) is 3.15. The molecule has 0 radical (unpaired) electrons. The van der Waals surface area contributed by atoms with Crippen LogP contribution in [0.15, 0.2) is 44.1 Å². The van der Waals surface area contributed by atoms with Crippen LogP contribution in [0.25, 0.3) is 11.4 Å². The van der Waals surface area contributed by atoms with Crippen LogP contribution in [-0.4, -0.2) is 10.1 Å². The molecule has 1 atom stereocenters. The smallest absolute Gasteiger partial charge is 0.240 e. The van der Waals surface area contributed by atoms with Gasteiger partial charge in [0.1, 0.15) is 17.8 Å². The Hall–Kier alpha value is -2.34. The summed E-state index contributed by atoms with van der Waals surface area (Å²) in [5.74, 6) is 2.83. The molecule has 0 aromatic carbocycles. The Bertz CT molecular complexity index is 669. The van der Waals surface area contributed by atoms with Gasteiger partial charge in [0.2, 0.25) is 11.7 Å². The van der Waals surface area contributed by atoms with Crippen molar-refractivity contribution in [2.24, 2.45) is 0 Å². The lowest BCUT2D eigenvalue weighted by molar-refractivity contribution is 0.348. The number of nitrogens with one attached hydrogen (secondary N) is 1. The zero-order valence-corrected chi connectivity index (χ0v) is 11.3. The average molecular weight is 273 g/mol. The number of hydrogen-bond donors (Lipinski definition) is 1. The molecule has 6 nitrogen and oxygen atoms in total. The lowest BCUT2D eigenvalue weighted by atomic mass is 10.2. The number of rotatable bonds is 5. The topological polar surface area (TPSA) is 77.2 Å². The Morgan fingerprint density at radius 3 is 2.90 bits per heavy atom. The van der Waals surface area contributed by atoms with E-state index in [9.17, 15) is 0 Å². The molecule has 1 unspecified atom stereocenters. The summed E-state index contributed by atoms with van der Waals surface area (Å²) in [5.41, 5.74) is 0.801. The Morgan fingerprint density at radius 2 is 2.20 bits per heavy atom. The third-order valence-corrected chi connectivity index (χ3v) is 2.99. The first-order valence-corrected chi connectivity index (χ1v) is 6.37. The minimum Gasteiger partial charge on any atom is -0.472 e. The van der Waals surface area contributed by atoms with Crippen molar-refractivity contribution in [2.75, 3.05) is 0 Å². The summed E-state index contributed by atoms with van der Waals surface area (Å²) in [7, 11) is 0. The highest BCUT2D eigenvalue weighted by atomic mass is 16.5. The summed E-state index contributed by atoms with van der Waals surface area (Å²) in [5, 5.41) is 7.18. The van der Waals surface area contributed by atoms with E-state index in [1.54, 1.807) is 18.6 Å². The zero-order chi connectivity index (χ0) is 13.9. The first kappa shape index (κ1) is 12.7. The molecule has 0 fully saturated rings. The number of aryl methyl sites for hydroxylation is 1. The van der Waals surface area contributed by atoms with Gasteiger partial charge in [0.25, 0.3) is 0 Å². The zero-order valence-electron chi connectivity index (χ0n) is 11.3. The van der Waals surface area contributed by atoms with Gasteiger partial charge in [0.15, 0.2) is 0 Å². The van der Waals surface area contributed by atoms with E-state index in [-0.39, 0.29) is 6.04 Å². The van der Waals surface area contributed by atoms with Crippen molar-refractivity contribution < 1.29 is 13.4 Å². The average Bonchev–Trinajstić information content (AvgIpc) is 3.16. The highest BCUT2D eigenvalue weighted by molar-refractivity contribution is 5.51. The van der Waals surface area contributed by atoms with Gasteiger partial charge in [0.05, 0.1) is 24.4 Å². The van der Waals surface area contributed by atoms with Gasteiger partial charge in [-0.3, -0.25) is 5.32 Å². The molecule has 104 valence electrons. The Morgan fingerprint density at radius 1 is 1.30 bits per heavy atom. The van der Waals surface area contributed by atoms with Crippen molar-refractivity contribution in [2.45, 2.75) is 26.4 Å². The van der Waals surface area contributed by atoms with Crippen molar-refractivity contribution in [3.8, 4) is 11.4 Å². The molecule has 0 amide bonds. The molecule has 0 spiro atoms. The molecule has 0 bridgehead atoms. The predicted octanol–water partition coefficient (Wildman–Crippen LogP) is 3.08.